The zero-order chi connectivity index (χ0) is 25.2. The van der Waals surface area contributed by atoms with Gasteiger partial charge in [0.25, 0.3) is 11.8 Å². The molecule has 0 saturated carbocycles. The minimum absolute atomic E-state index is 0.0804. The number of barbiturate groups is 1. The molecule has 1 N–H and O–H groups in total. The number of rotatable bonds is 6. The Hall–Kier alpha value is -4.45. The first-order chi connectivity index (χ1) is 17.5. The third-order valence-corrected chi connectivity index (χ3v) is 6.75. The lowest BCUT2D eigenvalue weighted by molar-refractivity contribution is -0.122. The van der Waals surface area contributed by atoms with Gasteiger partial charge in [-0.2, -0.15) is 0 Å². The molecule has 1 atom stereocenters. The van der Waals surface area contributed by atoms with Gasteiger partial charge >= 0.3 is 6.03 Å². The molecule has 2 heterocycles. The largest absolute Gasteiger partial charge is 0.342 e. The third-order valence-electron chi connectivity index (χ3n) is 6.75. The van der Waals surface area contributed by atoms with Crippen LogP contribution >= 0.6 is 0 Å². The Bertz CT molecular complexity index is 1480. The third kappa shape index (κ3) is 4.33. The maximum absolute atomic E-state index is 13.4. The molecule has 1 aliphatic rings. The highest BCUT2D eigenvalue weighted by Gasteiger charge is 2.37. The normalized spacial score (nSPS) is 16.0. The van der Waals surface area contributed by atoms with Crippen LogP contribution in [0, 0.1) is 0 Å². The van der Waals surface area contributed by atoms with Gasteiger partial charge in [-0.1, -0.05) is 74.5 Å². The molecule has 180 valence electrons. The molecule has 6 nitrogen and oxygen atoms in total. The summed E-state index contributed by atoms with van der Waals surface area (Å²) in [5, 5.41) is 3.24. The number of carbonyl (C=O) groups is 3. The van der Waals surface area contributed by atoms with Crippen molar-refractivity contribution < 1.29 is 14.4 Å². The van der Waals surface area contributed by atoms with Crippen LogP contribution in [-0.4, -0.2) is 22.4 Å². The molecule has 0 bridgehead atoms. The van der Waals surface area contributed by atoms with Crippen LogP contribution in [-0.2, 0) is 16.1 Å². The Morgan fingerprint density at radius 3 is 2.31 bits per heavy atom. The van der Waals surface area contributed by atoms with Crippen molar-refractivity contribution in [3.63, 3.8) is 0 Å². The smallest absolute Gasteiger partial charge is 0.335 e. The van der Waals surface area contributed by atoms with E-state index in [1.807, 2.05) is 60.8 Å². The van der Waals surface area contributed by atoms with Gasteiger partial charge in [0.2, 0.25) is 0 Å². The van der Waals surface area contributed by atoms with E-state index in [9.17, 15) is 14.4 Å². The highest BCUT2D eigenvalue weighted by Crippen LogP contribution is 2.28. The molecule has 1 aromatic heterocycles. The monoisotopic (exact) mass is 477 g/mol. The number of para-hydroxylation sites is 1. The van der Waals surface area contributed by atoms with Crippen LogP contribution in [0.1, 0.15) is 42.9 Å². The highest BCUT2D eigenvalue weighted by atomic mass is 16.2. The van der Waals surface area contributed by atoms with E-state index >= 15 is 0 Å². The van der Waals surface area contributed by atoms with Crippen molar-refractivity contribution >= 4 is 40.5 Å². The fourth-order valence-electron chi connectivity index (χ4n) is 4.54. The van der Waals surface area contributed by atoms with Crippen LogP contribution in [0.3, 0.4) is 0 Å². The predicted octanol–water partition coefficient (Wildman–Crippen LogP) is 5.87. The topological polar surface area (TPSA) is 71.4 Å². The molecule has 4 aromatic rings. The summed E-state index contributed by atoms with van der Waals surface area (Å²) in [6.07, 6.45) is 4.50. The fraction of sp³-hybridized carbons (Fsp3) is 0.167. The Kier molecular flexibility index (Phi) is 6.25. The van der Waals surface area contributed by atoms with E-state index in [-0.39, 0.29) is 5.57 Å². The molecule has 5 rings (SSSR count). The van der Waals surface area contributed by atoms with Crippen LogP contribution in [0.2, 0.25) is 0 Å². The number of urea groups is 1. The molecule has 3 aromatic carbocycles. The zero-order valence-corrected chi connectivity index (χ0v) is 20.3. The van der Waals surface area contributed by atoms with Crippen molar-refractivity contribution in [1.29, 1.82) is 0 Å². The summed E-state index contributed by atoms with van der Waals surface area (Å²) in [7, 11) is 0. The molecule has 0 aliphatic carbocycles. The van der Waals surface area contributed by atoms with Gasteiger partial charge in [0.05, 0.1) is 5.69 Å². The lowest BCUT2D eigenvalue weighted by atomic mass is 9.98. The summed E-state index contributed by atoms with van der Waals surface area (Å²) in [5.74, 6) is -0.965. The van der Waals surface area contributed by atoms with Gasteiger partial charge in [-0.05, 0) is 47.7 Å². The van der Waals surface area contributed by atoms with E-state index in [2.05, 4.69) is 35.9 Å². The number of carbonyl (C=O) groups excluding carboxylic acids is 3. The molecule has 4 amide bonds. The first-order valence-corrected chi connectivity index (χ1v) is 12.1. The molecular formula is C30H27N3O3. The number of aromatic nitrogens is 1. The first-order valence-electron chi connectivity index (χ1n) is 12.1. The minimum Gasteiger partial charge on any atom is -0.342 e. The summed E-state index contributed by atoms with van der Waals surface area (Å²) >= 11 is 0. The Balaban J connectivity index is 1.52. The number of nitrogens with zero attached hydrogens (tertiary/aromatic N) is 2. The maximum atomic E-state index is 13.4. The minimum atomic E-state index is -0.745. The van der Waals surface area contributed by atoms with E-state index < -0.39 is 17.8 Å². The van der Waals surface area contributed by atoms with Crippen molar-refractivity contribution in [1.82, 2.24) is 9.88 Å². The lowest BCUT2D eigenvalue weighted by Crippen LogP contribution is -2.54. The molecule has 1 fully saturated rings. The quantitative estimate of drug-likeness (QED) is 0.279. The second-order valence-electron chi connectivity index (χ2n) is 9.07. The van der Waals surface area contributed by atoms with Gasteiger partial charge in [-0.3, -0.25) is 14.9 Å². The average molecular weight is 478 g/mol. The number of hydrogen-bond donors (Lipinski definition) is 1. The number of amides is 4. The van der Waals surface area contributed by atoms with Crippen LogP contribution in [0.15, 0.2) is 90.6 Å². The molecule has 0 radical (unpaired) electrons. The molecule has 6 heteroatoms. The number of hydrogen-bond acceptors (Lipinski definition) is 3. The number of nitrogens with one attached hydrogen (secondary N) is 1. The van der Waals surface area contributed by atoms with Crippen molar-refractivity contribution in [2.24, 2.45) is 0 Å². The molecule has 1 saturated heterocycles. The van der Waals surface area contributed by atoms with E-state index in [1.54, 1.807) is 18.2 Å². The van der Waals surface area contributed by atoms with E-state index in [0.29, 0.717) is 18.2 Å². The number of fused-ring (bicyclic) bond motifs is 1. The van der Waals surface area contributed by atoms with Gasteiger partial charge in [0.1, 0.15) is 5.57 Å². The molecule has 36 heavy (non-hydrogen) atoms. The fourth-order valence-corrected chi connectivity index (χ4v) is 4.54. The van der Waals surface area contributed by atoms with Gasteiger partial charge in [0.15, 0.2) is 0 Å². The van der Waals surface area contributed by atoms with Gasteiger partial charge < -0.3 is 4.57 Å². The molecular weight excluding hydrogens is 450 g/mol. The van der Waals surface area contributed by atoms with E-state index in [4.69, 9.17) is 0 Å². The summed E-state index contributed by atoms with van der Waals surface area (Å²) in [6.45, 7) is 4.89. The van der Waals surface area contributed by atoms with Gasteiger partial charge in [0, 0.05) is 29.2 Å². The Morgan fingerprint density at radius 2 is 1.58 bits per heavy atom. The predicted molar refractivity (Wildman–Crippen MR) is 142 cm³/mol. The van der Waals surface area contributed by atoms with E-state index in [1.165, 1.54) is 0 Å². The highest BCUT2D eigenvalue weighted by molar-refractivity contribution is 6.39. The zero-order valence-electron chi connectivity index (χ0n) is 20.3. The maximum Gasteiger partial charge on any atom is 0.335 e. The summed E-state index contributed by atoms with van der Waals surface area (Å²) in [6, 6.07) is 24.5. The van der Waals surface area contributed by atoms with Crippen LogP contribution in [0.5, 0.6) is 0 Å². The average Bonchev–Trinajstić information content (AvgIpc) is 3.24. The summed E-state index contributed by atoms with van der Waals surface area (Å²) in [4.78, 5) is 39.9. The van der Waals surface area contributed by atoms with E-state index in [0.717, 1.165) is 38.9 Å². The first kappa shape index (κ1) is 23.3. The van der Waals surface area contributed by atoms with Crippen LogP contribution in [0.25, 0.3) is 17.0 Å². The molecule has 0 unspecified atom stereocenters. The summed E-state index contributed by atoms with van der Waals surface area (Å²) in [5.41, 5.74) is 4.34. The van der Waals surface area contributed by atoms with Crippen molar-refractivity contribution in [3.8, 4) is 0 Å². The van der Waals surface area contributed by atoms with Crippen molar-refractivity contribution in [3.05, 3.63) is 107 Å². The second kappa shape index (κ2) is 9.66. The Labute approximate surface area is 209 Å². The summed E-state index contributed by atoms with van der Waals surface area (Å²) < 4.78 is 2.10. The Morgan fingerprint density at radius 1 is 0.889 bits per heavy atom. The number of imide groups is 2. The van der Waals surface area contributed by atoms with Crippen LogP contribution < -0.4 is 10.2 Å². The van der Waals surface area contributed by atoms with Crippen molar-refractivity contribution in [2.75, 3.05) is 4.90 Å². The SMILES string of the molecule is CC[C@@H](C)c1ccc(N2C(=O)NC(=O)/C(=C\c3cn(Cc4ccccc4)c4ccccc34)C2=O)cc1. The van der Waals surface area contributed by atoms with Crippen LogP contribution in [0.4, 0.5) is 10.5 Å². The standard InChI is InChI=1S/C30H27N3O3/c1-3-20(2)22-13-15-24(16-14-22)33-29(35)26(28(34)31-30(33)36)17-23-19-32(18-21-9-5-4-6-10-21)27-12-8-7-11-25(23)27/h4-17,19-20H,3,18H2,1-2H3,(H,31,34,36)/b26-17+/t20-/m1/s1. The van der Waals surface area contributed by atoms with Crippen molar-refractivity contribution in [2.45, 2.75) is 32.7 Å². The molecule has 0 spiro atoms. The number of benzene rings is 3. The lowest BCUT2D eigenvalue weighted by Gasteiger charge is -2.26. The van der Waals surface area contributed by atoms with Gasteiger partial charge in [-0.15, -0.1) is 0 Å². The molecule has 1 aliphatic heterocycles. The second-order valence-corrected chi connectivity index (χ2v) is 9.07. The number of anilines is 1. The van der Waals surface area contributed by atoms with Gasteiger partial charge in [-0.25, -0.2) is 9.69 Å².